The lowest BCUT2D eigenvalue weighted by atomic mass is 9.78. The Hall–Kier alpha value is -1.26. The Morgan fingerprint density at radius 3 is 2.85 bits per heavy atom. The average Bonchev–Trinajstić information content (AvgIpc) is 3.07. The molecule has 4 heteroatoms. The van der Waals surface area contributed by atoms with Crippen LogP contribution >= 0.6 is 0 Å². The van der Waals surface area contributed by atoms with Crippen molar-refractivity contribution in [2.75, 3.05) is 33.0 Å². The van der Waals surface area contributed by atoms with Crippen molar-refractivity contribution in [2.24, 2.45) is 5.41 Å². The number of nitrogens with one attached hydrogen (secondary N) is 1. The predicted octanol–water partition coefficient (Wildman–Crippen LogP) is 1.99. The van der Waals surface area contributed by atoms with Crippen molar-refractivity contribution < 1.29 is 9.47 Å². The Bertz CT molecular complexity index is 497. The monoisotopic (exact) mass is 274 g/mol. The largest absolute Gasteiger partial charge is 0.454 e. The minimum Gasteiger partial charge on any atom is -0.454 e. The fourth-order valence-electron chi connectivity index (χ4n) is 3.83. The Morgan fingerprint density at radius 1 is 1.10 bits per heavy atom. The highest BCUT2D eigenvalue weighted by Gasteiger charge is 2.38. The summed E-state index contributed by atoms with van der Waals surface area (Å²) in [5.74, 6) is 1.78. The molecule has 0 bridgehead atoms. The maximum atomic E-state index is 5.46. The number of benzene rings is 1. The first kappa shape index (κ1) is 12.5. The van der Waals surface area contributed by atoms with Crippen molar-refractivity contribution >= 4 is 0 Å². The Morgan fingerprint density at radius 2 is 1.95 bits per heavy atom. The third-order valence-corrected chi connectivity index (χ3v) is 5.02. The number of piperidine rings is 1. The van der Waals surface area contributed by atoms with Crippen LogP contribution in [-0.2, 0) is 6.54 Å². The van der Waals surface area contributed by atoms with E-state index in [0.29, 0.717) is 12.2 Å². The summed E-state index contributed by atoms with van der Waals surface area (Å²) in [6.07, 6.45) is 4.04. The second kappa shape index (κ2) is 4.93. The minimum absolute atomic E-state index is 0.360. The van der Waals surface area contributed by atoms with E-state index in [1.165, 1.54) is 51.0 Å². The van der Waals surface area contributed by atoms with Crippen LogP contribution in [0.1, 0.15) is 24.8 Å². The summed E-state index contributed by atoms with van der Waals surface area (Å²) in [7, 11) is 0. The normalized spacial score (nSPS) is 24.4. The maximum Gasteiger partial charge on any atom is 0.231 e. The molecule has 1 spiro atoms. The van der Waals surface area contributed by atoms with Crippen LogP contribution in [0.15, 0.2) is 18.2 Å². The number of hydrogen-bond acceptors (Lipinski definition) is 4. The highest BCUT2D eigenvalue weighted by Crippen LogP contribution is 2.39. The molecule has 3 aliphatic heterocycles. The van der Waals surface area contributed by atoms with Gasteiger partial charge in [0.05, 0.1) is 0 Å². The molecule has 0 aliphatic carbocycles. The second-order valence-electron chi connectivity index (χ2n) is 6.40. The van der Waals surface area contributed by atoms with Gasteiger partial charge in [0.15, 0.2) is 11.5 Å². The standard InChI is InChI=1S/C16H22N2O2/c1-2-14-15(20-12-19-14)9-13(1)10-18-8-5-16(11-18)3-6-17-7-4-16/h1-2,9,17H,3-8,10-12H2. The number of nitrogens with zero attached hydrogens (tertiary/aromatic N) is 1. The van der Waals surface area contributed by atoms with Crippen molar-refractivity contribution in [3.63, 3.8) is 0 Å². The molecule has 0 radical (unpaired) electrons. The fraction of sp³-hybridized carbons (Fsp3) is 0.625. The third kappa shape index (κ3) is 2.27. The third-order valence-electron chi connectivity index (χ3n) is 5.02. The molecular formula is C16H22N2O2. The molecular weight excluding hydrogens is 252 g/mol. The highest BCUT2D eigenvalue weighted by atomic mass is 16.7. The second-order valence-corrected chi connectivity index (χ2v) is 6.40. The van der Waals surface area contributed by atoms with Crippen LogP contribution in [0.5, 0.6) is 11.5 Å². The molecule has 2 fully saturated rings. The molecule has 2 saturated heterocycles. The van der Waals surface area contributed by atoms with Crippen LogP contribution in [0, 0.1) is 5.41 Å². The van der Waals surface area contributed by atoms with Gasteiger partial charge in [-0.25, -0.2) is 0 Å². The zero-order valence-corrected chi connectivity index (χ0v) is 11.9. The van der Waals surface area contributed by atoms with Crippen LogP contribution in [0.4, 0.5) is 0 Å². The smallest absolute Gasteiger partial charge is 0.231 e. The molecule has 3 aliphatic rings. The lowest BCUT2D eigenvalue weighted by Gasteiger charge is -2.33. The summed E-state index contributed by atoms with van der Waals surface area (Å²) in [4.78, 5) is 2.60. The van der Waals surface area contributed by atoms with Gasteiger partial charge in [0.25, 0.3) is 0 Å². The van der Waals surface area contributed by atoms with Gasteiger partial charge in [-0.2, -0.15) is 0 Å². The van der Waals surface area contributed by atoms with E-state index in [-0.39, 0.29) is 0 Å². The van der Waals surface area contributed by atoms with Gasteiger partial charge >= 0.3 is 0 Å². The van der Waals surface area contributed by atoms with E-state index < -0.39 is 0 Å². The lowest BCUT2D eigenvalue weighted by Crippen LogP contribution is -2.38. The molecule has 1 aromatic rings. The summed E-state index contributed by atoms with van der Waals surface area (Å²) in [5.41, 5.74) is 1.92. The predicted molar refractivity (Wildman–Crippen MR) is 77.0 cm³/mol. The van der Waals surface area contributed by atoms with Gasteiger partial charge in [-0.05, 0) is 62.0 Å². The van der Waals surface area contributed by atoms with E-state index in [4.69, 9.17) is 9.47 Å². The topological polar surface area (TPSA) is 33.7 Å². The zero-order valence-electron chi connectivity index (χ0n) is 11.9. The molecule has 0 amide bonds. The summed E-state index contributed by atoms with van der Waals surface area (Å²) >= 11 is 0. The minimum atomic E-state index is 0.360. The van der Waals surface area contributed by atoms with Gasteiger partial charge in [-0.3, -0.25) is 4.90 Å². The quantitative estimate of drug-likeness (QED) is 0.894. The molecule has 108 valence electrons. The molecule has 20 heavy (non-hydrogen) atoms. The first-order chi connectivity index (χ1) is 9.83. The molecule has 1 N–H and O–H groups in total. The van der Waals surface area contributed by atoms with Crippen LogP contribution < -0.4 is 14.8 Å². The average molecular weight is 274 g/mol. The summed E-state index contributed by atoms with van der Waals surface area (Å²) in [6, 6.07) is 6.34. The van der Waals surface area contributed by atoms with Crippen molar-refractivity contribution in [1.29, 1.82) is 0 Å². The number of fused-ring (bicyclic) bond motifs is 1. The van der Waals surface area contributed by atoms with Crippen molar-refractivity contribution in [3.8, 4) is 11.5 Å². The summed E-state index contributed by atoms with van der Waals surface area (Å²) in [5, 5.41) is 3.48. The van der Waals surface area contributed by atoms with Gasteiger partial charge in [-0.1, -0.05) is 6.07 Å². The van der Waals surface area contributed by atoms with E-state index >= 15 is 0 Å². The van der Waals surface area contributed by atoms with Crippen molar-refractivity contribution in [3.05, 3.63) is 23.8 Å². The summed E-state index contributed by atoms with van der Waals surface area (Å²) < 4.78 is 10.8. The SMILES string of the molecule is c1cc2c(cc1CN1CCC3(CCNCC3)C1)OCO2. The van der Waals surface area contributed by atoms with Crippen LogP contribution in [-0.4, -0.2) is 37.9 Å². The number of hydrogen-bond donors (Lipinski definition) is 1. The Kier molecular flexibility index (Phi) is 3.08. The molecule has 4 rings (SSSR count). The zero-order chi connectivity index (χ0) is 13.4. The van der Waals surface area contributed by atoms with Gasteiger partial charge < -0.3 is 14.8 Å². The molecule has 4 nitrogen and oxygen atoms in total. The number of likely N-dealkylation sites (tertiary alicyclic amines) is 1. The highest BCUT2D eigenvalue weighted by molar-refractivity contribution is 5.44. The van der Waals surface area contributed by atoms with Gasteiger partial charge in [0.2, 0.25) is 6.79 Å². The first-order valence-corrected chi connectivity index (χ1v) is 7.65. The van der Waals surface area contributed by atoms with Gasteiger partial charge in [-0.15, -0.1) is 0 Å². The van der Waals surface area contributed by atoms with Crippen molar-refractivity contribution in [1.82, 2.24) is 10.2 Å². The molecule has 0 atom stereocenters. The molecule has 3 heterocycles. The van der Waals surface area contributed by atoms with E-state index in [0.717, 1.165) is 18.0 Å². The van der Waals surface area contributed by atoms with Crippen LogP contribution in [0.3, 0.4) is 0 Å². The summed E-state index contributed by atoms with van der Waals surface area (Å²) in [6.45, 7) is 6.26. The van der Waals surface area contributed by atoms with Crippen LogP contribution in [0.2, 0.25) is 0 Å². The van der Waals surface area contributed by atoms with Crippen molar-refractivity contribution in [2.45, 2.75) is 25.8 Å². The Labute approximate surface area is 120 Å². The molecule has 0 saturated carbocycles. The molecule has 0 aromatic heterocycles. The van der Waals surface area contributed by atoms with Crippen LogP contribution in [0.25, 0.3) is 0 Å². The van der Waals surface area contributed by atoms with Gasteiger partial charge in [0, 0.05) is 13.1 Å². The number of ether oxygens (including phenoxy) is 2. The van der Waals surface area contributed by atoms with E-state index in [1.807, 2.05) is 6.07 Å². The Balaban J connectivity index is 1.42. The van der Waals surface area contributed by atoms with E-state index in [1.54, 1.807) is 0 Å². The first-order valence-electron chi connectivity index (χ1n) is 7.65. The van der Waals surface area contributed by atoms with E-state index in [2.05, 4.69) is 22.3 Å². The van der Waals surface area contributed by atoms with Gasteiger partial charge in [0.1, 0.15) is 0 Å². The maximum absolute atomic E-state index is 5.46. The van der Waals surface area contributed by atoms with E-state index in [9.17, 15) is 0 Å². The lowest BCUT2D eigenvalue weighted by molar-refractivity contribution is 0.174. The fourth-order valence-corrected chi connectivity index (χ4v) is 3.83. The molecule has 0 unspecified atom stereocenters. The number of rotatable bonds is 2. The molecule has 1 aromatic carbocycles.